The van der Waals surface area contributed by atoms with E-state index >= 15 is 0 Å². The van der Waals surface area contributed by atoms with Crippen molar-refractivity contribution in [3.63, 3.8) is 0 Å². The van der Waals surface area contributed by atoms with Crippen LogP contribution >= 0.6 is 0 Å². The van der Waals surface area contributed by atoms with Crippen LogP contribution < -0.4 is 5.32 Å². The Kier molecular flexibility index (Phi) is 4.65. The molecule has 4 nitrogen and oxygen atoms in total. The zero-order valence-corrected chi connectivity index (χ0v) is 15.5. The first-order chi connectivity index (χ1) is 13.2. The van der Waals surface area contributed by atoms with E-state index in [1.54, 1.807) is 7.11 Å². The van der Waals surface area contributed by atoms with Gasteiger partial charge in [0.25, 0.3) is 5.91 Å². The molecule has 0 aliphatic rings. The lowest BCUT2D eigenvalue weighted by Gasteiger charge is -2.10. The summed E-state index contributed by atoms with van der Waals surface area (Å²) in [6, 6.07) is 22.0. The van der Waals surface area contributed by atoms with Crippen LogP contribution in [0, 0.1) is 0 Å². The lowest BCUT2D eigenvalue weighted by atomic mass is 10.1. The highest BCUT2D eigenvalue weighted by molar-refractivity contribution is 6.11. The molecule has 136 valence electrons. The zero-order valence-electron chi connectivity index (χ0n) is 15.5. The molecule has 1 aromatic heterocycles. The van der Waals surface area contributed by atoms with E-state index in [1.807, 2.05) is 36.4 Å². The van der Waals surface area contributed by atoms with Gasteiger partial charge in [-0.05, 0) is 42.8 Å². The normalized spacial score (nSPS) is 11.2. The van der Waals surface area contributed by atoms with Gasteiger partial charge in [-0.2, -0.15) is 0 Å². The van der Waals surface area contributed by atoms with Crippen molar-refractivity contribution >= 4 is 33.4 Å². The molecule has 4 heteroatoms. The molecule has 0 spiro atoms. The van der Waals surface area contributed by atoms with Crippen LogP contribution in [0.2, 0.25) is 0 Å². The molecular weight excluding hydrogens is 336 g/mol. The highest BCUT2D eigenvalue weighted by Crippen LogP contribution is 2.31. The van der Waals surface area contributed by atoms with Gasteiger partial charge in [-0.25, -0.2) is 0 Å². The number of aromatic nitrogens is 1. The number of methoxy groups -OCH3 is 1. The van der Waals surface area contributed by atoms with Crippen molar-refractivity contribution in [3.8, 4) is 0 Å². The average Bonchev–Trinajstić information content (AvgIpc) is 3.02. The maximum Gasteiger partial charge on any atom is 0.256 e. The molecule has 0 aliphatic carbocycles. The number of hydrogen-bond donors (Lipinski definition) is 1. The predicted octanol–water partition coefficient (Wildman–Crippen LogP) is 5.21. The monoisotopic (exact) mass is 358 g/mol. The van der Waals surface area contributed by atoms with Gasteiger partial charge in [-0.3, -0.25) is 4.79 Å². The molecule has 0 saturated carbocycles. The molecule has 4 rings (SSSR count). The molecule has 1 amide bonds. The molecule has 0 aliphatic heterocycles. The lowest BCUT2D eigenvalue weighted by Crippen LogP contribution is -2.14. The van der Waals surface area contributed by atoms with Crippen LogP contribution in [0.15, 0.2) is 66.7 Å². The smallest absolute Gasteiger partial charge is 0.256 e. The fourth-order valence-electron chi connectivity index (χ4n) is 3.69. The van der Waals surface area contributed by atoms with Gasteiger partial charge in [0.1, 0.15) is 0 Å². The van der Waals surface area contributed by atoms with E-state index in [4.69, 9.17) is 4.74 Å². The number of nitrogens with one attached hydrogen (secondary N) is 1. The van der Waals surface area contributed by atoms with Crippen LogP contribution in [0.3, 0.4) is 0 Å². The highest BCUT2D eigenvalue weighted by atomic mass is 16.5. The minimum atomic E-state index is -0.124. The van der Waals surface area contributed by atoms with Gasteiger partial charge >= 0.3 is 0 Å². The number of carbonyl (C=O) groups is 1. The van der Waals surface area contributed by atoms with Crippen LogP contribution in [0.4, 0.5) is 5.69 Å². The van der Waals surface area contributed by atoms with E-state index in [1.165, 1.54) is 16.4 Å². The Balaban J connectivity index is 1.73. The van der Waals surface area contributed by atoms with Crippen molar-refractivity contribution in [1.29, 1.82) is 0 Å². The van der Waals surface area contributed by atoms with E-state index < -0.39 is 0 Å². The van der Waals surface area contributed by atoms with Gasteiger partial charge in [-0.15, -0.1) is 0 Å². The van der Waals surface area contributed by atoms with Crippen molar-refractivity contribution in [3.05, 3.63) is 77.9 Å². The summed E-state index contributed by atoms with van der Waals surface area (Å²) in [5, 5.41) is 5.39. The Hall–Kier alpha value is -3.11. The molecular formula is C23H22N2O2. The Bertz CT molecular complexity index is 1130. The van der Waals surface area contributed by atoms with Crippen molar-refractivity contribution in [2.45, 2.75) is 20.1 Å². The number of anilines is 1. The second-order valence-corrected chi connectivity index (χ2v) is 6.54. The number of amides is 1. The summed E-state index contributed by atoms with van der Waals surface area (Å²) in [6.07, 6.45) is 0. The molecule has 0 bridgehead atoms. The number of fused-ring (bicyclic) bond motifs is 3. The van der Waals surface area contributed by atoms with E-state index in [2.05, 4.69) is 47.1 Å². The van der Waals surface area contributed by atoms with Gasteiger partial charge in [-0.1, -0.05) is 36.4 Å². The third kappa shape index (κ3) is 3.09. The highest BCUT2D eigenvalue weighted by Gasteiger charge is 2.13. The Labute approximate surface area is 158 Å². The number of aryl methyl sites for hydroxylation is 1. The third-order valence-electron chi connectivity index (χ3n) is 4.91. The van der Waals surface area contributed by atoms with E-state index in [0.29, 0.717) is 12.2 Å². The van der Waals surface area contributed by atoms with E-state index in [-0.39, 0.29) is 5.91 Å². The summed E-state index contributed by atoms with van der Waals surface area (Å²) < 4.78 is 7.50. The summed E-state index contributed by atoms with van der Waals surface area (Å²) >= 11 is 0. The van der Waals surface area contributed by atoms with Gasteiger partial charge in [0, 0.05) is 46.7 Å². The largest absolute Gasteiger partial charge is 0.380 e. The van der Waals surface area contributed by atoms with Crippen LogP contribution in [-0.2, 0) is 17.9 Å². The summed E-state index contributed by atoms with van der Waals surface area (Å²) in [5.41, 5.74) is 4.69. The number of rotatable bonds is 5. The molecule has 27 heavy (non-hydrogen) atoms. The number of carbonyl (C=O) groups excluding carboxylic acids is 1. The van der Waals surface area contributed by atoms with Crippen LogP contribution in [0.5, 0.6) is 0 Å². The van der Waals surface area contributed by atoms with E-state index in [0.717, 1.165) is 23.2 Å². The fourth-order valence-corrected chi connectivity index (χ4v) is 3.69. The van der Waals surface area contributed by atoms with Gasteiger partial charge < -0.3 is 14.6 Å². The molecule has 1 heterocycles. The fraction of sp³-hybridized carbons (Fsp3) is 0.174. The number of benzene rings is 3. The van der Waals surface area contributed by atoms with Crippen molar-refractivity contribution < 1.29 is 9.53 Å². The number of nitrogens with zero attached hydrogens (tertiary/aromatic N) is 1. The minimum absolute atomic E-state index is 0.124. The van der Waals surface area contributed by atoms with Gasteiger partial charge in [0.15, 0.2) is 0 Å². The Morgan fingerprint density at radius 1 is 0.963 bits per heavy atom. The van der Waals surface area contributed by atoms with Gasteiger partial charge in [0.05, 0.1) is 6.61 Å². The van der Waals surface area contributed by atoms with Crippen LogP contribution in [0.1, 0.15) is 22.8 Å². The third-order valence-corrected chi connectivity index (χ3v) is 4.91. The average molecular weight is 358 g/mol. The summed E-state index contributed by atoms with van der Waals surface area (Å²) in [7, 11) is 1.63. The molecule has 0 radical (unpaired) electrons. The number of ether oxygens (including phenoxy) is 1. The first-order valence-electron chi connectivity index (χ1n) is 9.12. The van der Waals surface area contributed by atoms with Crippen molar-refractivity contribution in [2.75, 3.05) is 12.4 Å². The maximum atomic E-state index is 12.8. The number of hydrogen-bond acceptors (Lipinski definition) is 2. The maximum absolute atomic E-state index is 12.8. The SMILES string of the molecule is CCn1c2ccccc2c2cc(NC(=O)c3ccccc3COC)ccc21. The summed E-state index contributed by atoms with van der Waals surface area (Å²) in [6.45, 7) is 3.46. The standard InChI is InChI=1S/C23H22N2O2/c1-3-25-21-11-7-6-10-19(21)20-14-17(12-13-22(20)25)24-23(26)18-9-5-4-8-16(18)15-27-2/h4-14H,3,15H2,1-2H3,(H,24,26). The summed E-state index contributed by atoms with van der Waals surface area (Å²) in [5.74, 6) is -0.124. The molecule has 3 aromatic carbocycles. The second kappa shape index (κ2) is 7.25. The zero-order chi connectivity index (χ0) is 18.8. The van der Waals surface area contributed by atoms with Gasteiger partial charge in [0.2, 0.25) is 0 Å². The second-order valence-electron chi connectivity index (χ2n) is 6.54. The lowest BCUT2D eigenvalue weighted by molar-refractivity contribution is 0.102. The predicted molar refractivity (Wildman–Crippen MR) is 110 cm³/mol. The summed E-state index contributed by atoms with van der Waals surface area (Å²) in [4.78, 5) is 12.8. The first-order valence-corrected chi connectivity index (χ1v) is 9.12. The van der Waals surface area contributed by atoms with Crippen LogP contribution in [-0.4, -0.2) is 17.6 Å². The molecule has 0 saturated heterocycles. The Morgan fingerprint density at radius 3 is 2.52 bits per heavy atom. The van der Waals surface area contributed by atoms with Crippen molar-refractivity contribution in [2.24, 2.45) is 0 Å². The quantitative estimate of drug-likeness (QED) is 0.532. The topological polar surface area (TPSA) is 43.3 Å². The minimum Gasteiger partial charge on any atom is -0.380 e. The molecule has 4 aromatic rings. The van der Waals surface area contributed by atoms with Crippen LogP contribution in [0.25, 0.3) is 21.8 Å². The first kappa shape index (κ1) is 17.3. The molecule has 0 unspecified atom stereocenters. The molecule has 0 fully saturated rings. The van der Waals surface area contributed by atoms with Crippen molar-refractivity contribution in [1.82, 2.24) is 4.57 Å². The molecule has 1 N–H and O–H groups in total. The van der Waals surface area contributed by atoms with E-state index in [9.17, 15) is 4.79 Å². The molecule has 0 atom stereocenters. The Morgan fingerprint density at radius 2 is 1.70 bits per heavy atom. The number of para-hydroxylation sites is 1.